The van der Waals surface area contributed by atoms with Crippen LogP contribution < -0.4 is 10.2 Å². The number of fused-ring (bicyclic) bond motifs is 13. The van der Waals surface area contributed by atoms with Gasteiger partial charge < -0.3 is 14.6 Å². The van der Waals surface area contributed by atoms with Gasteiger partial charge in [-0.15, -0.1) is 0 Å². The summed E-state index contributed by atoms with van der Waals surface area (Å²) in [7, 11) is 0. The summed E-state index contributed by atoms with van der Waals surface area (Å²) in [5.41, 5.74) is 16.4. The van der Waals surface area contributed by atoms with Gasteiger partial charge in [-0.3, -0.25) is 0 Å². The van der Waals surface area contributed by atoms with Crippen molar-refractivity contribution in [3.63, 3.8) is 0 Å². The SMILES string of the molecule is c1ccc(C2(c3ccccc3)c3ccccc3-c3c(-c4ccc5oc6c(c5c4)N4c5ccccc5NC4c4ccccc4-6)cccc32)cc1. The number of nitrogens with zero attached hydrogens (tertiary/aromatic N) is 1. The Hall–Kier alpha value is -6.32. The average molecular weight is 627 g/mol. The molecule has 0 saturated heterocycles. The molecule has 1 unspecified atom stereocenters. The lowest BCUT2D eigenvalue weighted by atomic mass is 9.67. The number of furan rings is 1. The molecule has 3 heterocycles. The molecular formula is C46H30N2O. The molecule has 49 heavy (non-hydrogen) atoms. The van der Waals surface area contributed by atoms with E-state index in [4.69, 9.17) is 4.42 Å². The highest BCUT2D eigenvalue weighted by Gasteiger charge is 2.47. The number of rotatable bonds is 3. The molecule has 0 spiro atoms. The minimum atomic E-state index is -0.439. The van der Waals surface area contributed by atoms with E-state index < -0.39 is 5.41 Å². The largest absolute Gasteiger partial charge is 0.454 e. The molecule has 1 N–H and O–H groups in total. The molecule has 7 aromatic carbocycles. The van der Waals surface area contributed by atoms with Crippen LogP contribution in [0.1, 0.15) is 34.0 Å². The Kier molecular flexibility index (Phi) is 5.37. The predicted molar refractivity (Wildman–Crippen MR) is 199 cm³/mol. The number of anilines is 3. The molecule has 1 atom stereocenters. The van der Waals surface area contributed by atoms with Gasteiger partial charge >= 0.3 is 0 Å². The van der Waals surface area contributed by atoms with E-state index in [1.807, 2.05) is 0 Å². The summed E-state index contributed by atoms with van der Waals surface area (Å²) >= 11 is 0. The fourth-order valence-electron chi connectivity index (χ4n) is 8.97. The fraction of sp³-hybridized carbons (Fsp3) is 0.0435. The Bertz CT molecular complexity index is 2560. The Balaban J connectivity index is 1.19. The summed E-state index contributed by atoms with van der Waals surface area (Å²) in [5, 5.41) is 4.92. The van der Waals surface area contributed by atoms with E-state index in [-0.39, 0.29) is 6.17 Å². The molecule has 0 radical (unpaired) electrons. The molecule has 8 aromatic rings. The zero-order valence-corrected chi connectivity index (χ0v) is 26.6. The molecule has 11 rings (SSSR count). The maximum absolute atomic E-state index is 6.76. The highest BCUT2D eigenvalue weighted by molar-refractivity contribution is 6.08. The van der Waals surface area contributed by atoms with Crippen molar-refractivity contribution in [2.45, 2.75) is 11.6 Å². The van der Waals surface area contributed by atoms with Crippen LogP contribution in [-0.4, -0.2) is 0 Å². The molecule has 1 aromatic heterocycles. The lowest BCUT2D eigenvalue weighted by molar-refractivity contribution is 0.622. The smallest absolute Gasteiger partial charge is 0.159 e. The zero-order chi connectivity index (χ0) is 32.1. The first kappa shape index (κ1) is 26.7. The quantitative estimate of drug-likeness (QED) is 0.211. The van der Waals surface area contributed by atoms with Gasteiger partial charge in [-0.2, -0.15) is 0 Å². The summed E-state index contributed by atoms with van der Waals surface area (Å²) in [5.74, 6) is 0.924. The predicted octanol–water partition coefficient (Wildman–Crippen LogP) is 11.7. The van der Waals surface area contributed by atoms with Crippen LogP contribution in [0, 0.1) is 0 Å². The number of hydrogen-bond acceptors (Lipinski definition) is 3. The van der Waals surface area contributed by atoms with E-state index in [2.05, 4.69) is 180 Å². The van der Waals surface area contributed by atoms with E-state index in [0.717, 1.165) is 33.7 Å². The van der Waals surface area contributed by atoms with Gasteiger partial charge in [0.25, 0.3) is 0 Å². The molecule has 1 aliphatic carbocycles. The van der Waals surface area contributed by atoms with Crippen LogP contribution in [0.15, 0.2) is 174 Å². The first-order valence-corrected chi connectivity index (χ1v) is 17.0. The second kappa shape index (κ2) is 9.85. The van der Waals surface area contributed by atoms with Gasteiger partial charge in [0.1, 0.15) is 11.7 Å². The van der Waals surface area contributed by atoms with Gasteiger partial charge in [0.15, 0.2) is 5.76 Å². The molecule has 3 heteroatoms. The van der Waals surface area contributed by atoms with Gasteiger partial charge in [0.05, 0.1) is 22.5 Å². The molecule has 3 nitrogen and oxygen atoms in total. The number of hydrogen-bond donors (Lipinski definition) is 1. The summed E-state index contributed by atoms with van der Waals surface area (Å²) in [6.45, 7) is 0. The number of nitrogens with one attached hydrogen (secondary N) is 1. The van der Waals surface area contributed by atoms with Gasteiger partial charge in [0, 0.05) is 16.5 Å². The highest BCUT2D eigenvalue weighted by atomic mass is 16.3. The summed E-state index contributed by atoms with van der Waals surface area (Å²) < 4.78 is 6.76. The number of benzene rings is 7. The van der Waals surface area contributed by atoms with Gasteiger partial charge in [-0.05, 0) is 68.8 Å². The zero-order valence-electron chi connectivity index (χ0n) is 26.6. The highest BCUT2D eigenvalue weighted by Crippen LogP contribution is 2.60. The van der Waals surface area contributed by atoms with Crippen LogP contribution in [0.3, 0.4) is 0 Å². The van der Waals surface area contributed by atoms with Crippen LogP contribution in [0.2, 0.25) is 0 Å². The molecule has 0 amide bonds. The standard InChI is InChI=1S/C46H30N2O/c1-3-14-30(15-4-1)46(31-16-5-2-6-17-31)37-22-10-9-20-35(37)42-32(21-13-23-38(42)46)29-26-27-41-36(28-29)43-44(49-41)33-18-7-8-19-34(33)45-47-39-24-11-12-25-40(39)48(43)45/h1-28,45,47H. The first-order chi connectivity index (χ1) is 24.3. The summed E-state index contributed by atoms with van der Waals surface area (Å²) in [6, 6.07) is 61.8. The van der Waals surface area contributed by atoms with Crippen molar-refractivity contribution in [1.82, 2.24) is 0 Å². The Morgan fingerprint density at radius 3 is 2.02 bits per heavy atom. The maximum atomic E-state index is 6.76. The first-order valence-electron chi connectivity index (χ1n) is 17.0. The topological polar surface area (TPSA) is 28.4 Å². The van der Waals surface area contributed by atoms with E-state index >= 15 is 0 Å². The van der Waals surface area contributed by atoms with Crippen LogP contribution in [-0.2, 0) is 5.41 Å². The molecule has 0 saturated carbocycles. The lowest BCUT2D eigenvalue weighted by Crippen LogP contribution is -2.28. The second-order valence-electron chi connectivity index (χ2n) is 13.3. The van der Waals surface area contributed by atoms with Crippen molar-refractivity contribution in [2.24, 2.45) is 0 Å². The normalized spacial score (nSPS) is 15.8. The van der Waals surface area contributed by atoms with E-state index in [0.29, 0.717) is 0 Å². The molecule has 2 aliphatic heterocycles. The minimum absolute atomic E-state index is 0.00392. The maximum Gasteiger partial charge on any atom is 0.159 e. The third-order valence-electron chi connectivity index (χ3n) is 10.9. The summed E-state index contributed by atoms with van der Waals surface area (Å²) in [6.07, 6.45) is -0.00392. The van der Waals surface area contributed by atoms with Crippen LogP contribution in [0.4, 0.5) is 17.1 Å². The van der Waals surface area contributed by atoms with Gasteiger partial charge in [-0.25, -0.2) is 0 Å². The second-order valence-corrected chi connectivity index (χ2v) is 13.3. The monoisotopic (exact) mass is 626 g/mol. The Labute approximate surface area is 284 Å². The molecule has 230 valence electrons. The van der Waals surface area contributed by atoms with Crippen molar-refractivity contribution in [1.29, 1.82) is 0 Å². The van der Waals surface area contributed by atoms with Crippen LogP contribution >= 0.6 is 0 Å². The Morgan fingerprint density at radius 1 is 0.551 bits per heavy atom. The van der Waals surface area contributed by atoms with Gasteiger partial charge in [0.2, 0.25) is 0 Å². The van der Waals surface area contributed by atoms with Crippen molar-refractivity contribution in [3.05, 3.63) is 198 Å². The number of para-hydroxylation sites is 2. The van der Waals surface area contributed by atoms with Crippen molar-refractivity contribution in [3.8, 4) is 33.6 Å². The fourth-order valence-corrected chi connectivity index (χ4v) is 8.97. The van der Waals surface area contributed by atoms with Crippen molar-refractivity contribution < 1.29 is 4.42 Å². The van der Waals surface area contributed by atoms with Crippen LogP contribution in [0.25, 0.3) is 44.5 Å². The average Bonchev–Trinajstić information content (AvgIpc) is 3.84. The van der Waals surface area contributed by atoms with E-state index in [1.54, 1.807) is 0 Å². The molecule has 0 fully saturated rings. The van der Waals surface area contributed by atoms with E-state index in [9.17, 15) is 0 Å². The third-order valence-corrected chi connectivity index (χ3v) is 10.9. The van der Waals surface area contributed by atoms with Crippen LogP contribution in [0.5, 0.6) is 0 Å². The van der Waals surface area contributed by atoms with Gasteiger partial charge in [-0.1, -0.05) is 146 Å². The third kappa shape index (κ3) is 3.46. The van der Waals surface area contributed by atoms with Crippen molar-refractivity contribution >= 4 is 28.0 Å². The lowest BCUT2D eigenvalue weighted by Gasteiger charge is -2.34. The molecule has 3 aliphatic rings. The molecule has 0 bridgehead atoms. The van der Waals surface area contributed by atoms with E-state index in [1.165, 1.54) is 55.8 Å². The van der Waals surface area contributed by atoms with Crippen molar-refractivity contribution in [2.75, 3.05) is 10.2 Å². The Morgan fingerprint density at radius 2 is 1.20 bits per heavy atom. The minimum Gasteiger partial charge on any atom is -0.454 e. The molecular weight excluding hydrogens is 597 g/mol. The summed E-state index contributed by atoms with van der Waals surface area (Å²) in [4.78, 5) is 2.43.